The van der Waals surface area contributed by atoms with Crippen molar-refractivity contribution in [2.75, 3.05) is 18.5 Å². The summed E-state index contributed by atoms with van der Waals surface area (Å²) in [6.07, 6.45) is -0.919. The number of aliphatic hydroxyl groups is 1. The third-order valence-electron chi connectivity index (χ3n) is 3.05. The van der Waals surface area contributed by atoms with Gasteiger partial charge in [-0.2, -0.15) is 0 Å². The van der Waals surface area contributed by atoms with E-state index in [2.05, 4.69) is 10.2 Å². The zero-order valence-corrected chi connectivity index (χ0v) is 13.2. The molecule has 110 valence electrons. The van der Waals surface area contributed by atoms with Gasteiger partial charge in [-0.15, -0.1) is 10.2 Å². The Morgan fingerprint density at radius 2 is 2.10 bits per heavy atom. The number of halogens is 2. The number of anilines is 1. The maximum atomic E-state index is 12.0. The first-order chi connectivity index (χ1) is 9.97. The molecule has 0 spiro atoms. The van der Waals surface area contributed by atoms with Gasteiger partial charge in [0.1, 0.15) is 5.01 Å². The van der Waals surface area contributed by atoms with Gasteiger partial charge in [-0.25, -0.2) is 9.69 Å². The van der Waals surface area contributed by atoms with Crippen LogP contribution in [0.15, 0.2) is 18.2 Å². The molecule has 0 radical (unpaired) electrons. The van der Waals surface area contributed by atoms with Gasteiger partial charge in [0.2, 0.25) is 5.13 Å². The molecule has 6 nitrogen and oxygen atoms in total. The average molecular weight is 345 g/mol. The number of carbonyl (C=O) groups excluding carboxylic acids is 1. The van der Waals surface area contributed by atoms with Crippen LogP contribution in [0.25, 0.3) is 10.6 Å². The van der Waals surface area contributed by atoms with Crippen LogP contribution in [0.4, 0.5) is 9.93 Å². The lowest BCUT2D eigenvalue weighted by Gasteiger charge is -2.14. The van der Waals surface area contributed by atoms with E-state index in [-0.39, 0.29) is 12.6 Å². The Labute approximate surface area is 134 Å². The molecule has 1 aromatic carbocycles. The van der Waals surface area contributed by atoms with Crippen LogP contribution in [0.1, 0.15) is 0 Å². The highest BCUT2D eigenvalue weighted by atomic mass is 35.5. The SMILES string of the molecule is CN1CC(O)N(c2nnc(-c3ccc(Cl)c(Cl)c3)s2)C1=O. The molecule has 21 heavy (non-hydrogen) atoms. The van der Waals surface area contributed by atoms with Crippen LogP contribution in [0.5, 0.6) is 0 Å². The smallest absolute Gasteiger partial charge is 0.328 e. The molecule has 1 unspecified atom stereocenters. The Bertz CT molecular complexity index is 708. The summed E-state index contributed by atoms with van der Waals surface area (Å²) < 4.78 is 0. The third-order valence-corrected chi connectivity index (χ3v) is 4.77. The van der Waals surface area contributed by atoms with Crippen LogP contribution >= 0.6 is 34.5 Å². The van der Waals surface area contributed by atoms with Crippen molar-refractivity contribution in [3.63, 3.8) is 0 Å². The summed E-state index contributed by atoms with van der Waals surface area (Å²) in [4.78, 5) is 14.6. The molecule has 9 heteroatoms. The summed E-state index contributed by atoms with van der Waals surface area (Å²) in [7, 11) is 1.62. The topological polar surface area (TPSA) is 69.6 Å². The second-order valence-electron chi connectivity index (χ2n) is 4.53. The van der Waals surface area contributed by atoms with Crippen molar-refractivity contribution in [1.82, 2.24) is 15.1 Å². The van der Waals surface area contributed by atoms with Crippen LogP contribution in [-0.2, 0) is 0 Å². The molecule has 1 aliphatic rings. The average Bonchev–Trinajstić information content (AvgIpc) is 2.99. The minimum Gasteiger partial charge on any atom is -0.371 e. The number of aromatic nitrogens is 2. The molecule has 0 saturated carbocycles. The van der Waals surface area contributed by atoms with Crippen molar-refractivity contribution < 1.29 is 9.90 Å². The van der Waals surface area contributed by atoms with E-state index in [0.717, 1.165) is 5.56 Å². The Balaban J connectivity index is 1.93. The number of urea groups is 1. The van der Waals surface area contributed by atoms with Crippen molar-refractivity contribution >= 4 is 45.7 Å². The highest BCUT2D eigenvalue weighted by molar-refractivity contribution is 7.18. The van der Waals surface area contributed by atoms with Crippen LogP contribution in [-0.4, -0.2) is 46.1 Å². The number of β-amino-alcohol motifs (C(OH)–C–C–N with tert-alkyl or cyclic N) is 1. The second kappa shape index (κ2) is 5.42. The molecule has 2 heterocycles. The van der Waals surface area contributed by atoms with E-state index in [1.165, 1.54) is 21.1 Å². The van der Waals surface area contributed by atoms with E-state index in [1.807, 2.05) is 0 Å². The minimum atomic E-state index is -0.919. The van der Waals surface area contributed by atoms with Gasteiger partial charge in [-0.1, -0.05) is 40.6 Å². The number of amides is 2. The quantitative estimate of drug-likeness (QED) is 0.909. The van der Waals surface area contributed by atoms with E-state index < -0.39 is 6.23 Å². The lowest BCUT2D eigenvalue weighted by molar-refractivity contribution is 0.183. The van der Waals surface area contributed by atoms with E-state index in [9.17, 15) is 9.90 Å². The summed E-state index contributed by atoms with van der Waals surface area (Å²) in [6.45, 7) is 0.237. The normalized spacial score (nSPS) is 18.7. The van der Waals surface area contributed by atoms with Crippen LogP contribution < -0.4 is 4.90 Å². The van der Waals surface area contributed by atoms with Gasteiger partial charge in [0.05, 0.1) is 16.6 Å². The fraction of sp³-hybridized carbons (Fsp3) is 0.250. The monoisotopic (exact) mass is 344 g/mol. The Morgan fingerprint density at radius 3 is 2.71 bits per heavy atom. The molecule has 3 rings (SSSR count). The number of rotatable bonds is 2. The lowest BCUT2D eigenvalue weighted by Crippen LogP contribution is -2.34. The summed E-state index contributed by atoms with van der Waals surface area (Å²) >= 11 is 13.1. The largest absolute Gasteiger partial charge is 0.371 e. The Morgan fingerprint density at radius 1 is 1.33 bits per heavy atom. The lowest BCUT2D eigenvalue weighted by atomic mass is 10.2. The molecule has 1 aromatic heterocycles. The second-order valence-corrected chi connectivity index (χ2v) is 6.30. The van der Waals surface area contributed by atoms with Crippen molar-refractivity contribution in [2.24, 2.45) is 0 Å². The minimum absolute atomic E-state index is 0.237. The molecule has 2 amide bonds. The summed E-state index contributed by atoms with van der Waals surface area (Å²) in [5, 5.41) is 19.7. The number of hydrogen-bond acceptors (Lipinski definition) is 5. The van der Waals surface area contributed by atoms with Gasteiger partial charge < -0.3 is 10.0 Å². The van der Waals surface area contributed by atoms with Crippen molar-refractivity contribution in [3.8, 4) is 10.6 Å². The Hall–Kier alpha value is -1.41. The number of benzene rings is 1. The van der Waals surface area contributed by atoms with E-state index in [4.69, 9.17) is 23.2 Å². The molecule has 0 bridgehead atoms. The third kappa shape index (κ3) is 2.57. The number of likely N-dealkylation sites (N-methyl/N-ethyl adjacent to an activating group) is 1. The van der Waals surface area contributed by atoms with Crippen LogP contribution in [0, 0.1) is 0 Å². The molecule has 1 atom stereocenters. The van der Waals surface area contributed by atoms with Crippen LogP contribution in [0.2, 0.25) is 10.0 Å². The molecule has 1 saturated heterocycles. The number of carbonyl (C=O) groups is 1. The van der Waals surface area contributed by atoms with E-state index in [0.29, 0.717) is 20.2 Å². The maximum Gasteiger partial charge on any atom is 0.328 e. The zero-order chi connectivity index (χ0) is 15.1. The standard InChI is InChI=1S/C12H10Cl2N4O2S/c1-17-5-9(19)18(12(17)20)11-16-15-10(21-11)6-2-3-7(13)8(14)4-6/h2-4,9,19H,5H2,1H3. The van der Waals surface area contributed by atoms with Crippen LogP contribution in [0.3, 0.4) is 0 Å². The molecule has 0 aliphatic carbocycles. The van der Waals surface area contributed by atoms with Gasteiger partial charge in [-0.3, -0.25) is 0 Å². The molecule has 1 fully saturated rings. The van der Waals surface area contributed by atoms with Gasteiger partial charge in [0, 0.05) is 12.6 Å². The summed E-state index contributed by atoms with van der Waals surface area (Å²) in [6, 6.07) is 4.82. The highest BCUT2D eigenvalue weighted by Crippen LogP contribution is 2.34. The van der Waals surface area contributed by atoms with Gasteiger partial charge in [-0.05, 0) is 12.1 Å². The van der Waals surface area contributed by atoms with Gasteiger partial charge in [0.25, 0.3) is 0 Å². The first-order valence-corrected chi connectivity index (χ1v) is 7.56. The first kappa shape index (κ1) is 14.5. The number of nitrogens with zero attached hydrogens (tertiary/aromatic N) is 4. The first-order valence-electron chi connectivity index (χ1n) is 5.98. The predicted octanol–water partition coefficient (Wildman–Crippen LogP) is 2.70. The van der Waals surface area contributed by atoms with Gasteiger partial charge in [0.15, 0.2) is 6.23 Å². The summed E-state index contributed by atoms with van der Waals surface area (Å²) in [5.74, 6) is 0. The molecule has 2 aromatic rings. The molecular weight excluding hydrogens is 335 g/mol. The number of aliphatic hydroxyl groups excluding tert-OH is 1. The fourth-order valence-corrected chi connectivity index (χ4v) is 3.16. The highest BCUT2D eigenvalue weighted by Gasteiger charge is 2.37. The predicted molar refractivity (Wildman–Crippen MR) is 81.9 cm³/mol. The van der Waals surface area contributed by atoms with Gasteiger partial charge >= 0.3 is 6.03 Å². The van der Waals surface area contributed by atoms with Crippen molar-refractivity contribution in [3.05, 3.63) is 28.2 Å². The fourth-order valence-electron chi connectivity index (χ4n) is 1.98. The van der Waals surface area contributed by atoms with Crippen molar-refractivity contribution in [2.45, 2.75) is 6.23 Å². The zero-order valence-electron chi connectivity index (χ0n) is 10.8. The maximum absolute atomic E-state index is 12.0. The molecule has 1 aliphatic heterocycles. The van der Waals surface area contributed by atoms with E-state index in [1.54, 1.807) is 25.2 Å². The summed E-state index contributed by atoms with van der Waals surface area (Å²) in [5.41, 5.74) is 0.752. The molecule has 1 N–H and O–H groups in total. The number of hydrogen-bond donors (Lipinski definition) is 1. The Kier molecular flexibility index (Phi) is 3.75. The van der Waals surface area contributed by atoms with Crippen molar-refractivity contribution in [1.29, 1.82) is 0 Å². The molecular formula is C12H10Cl2N4O2S. The van der Waals surface area contributed by atoms with E-state index >= 15 is 0 Å².